The molecule has 0 aliphatic carbocycles. The van der Waals surface area contributed by atoms with Gasteiger partial charge in [-0.15, -0.1) is 0 Å². The Bertz CT molecular complexity index is 512. The number of methoxy groups -OCH3 is 2. The molecule has 0 aliphatic heterocycles. The number of hydrogen-bond donors (Lipinski definition) is 0. The Kier molecular flexibility index (Phi) is 4.04. The fraction of sp³-hybridized carbons (Fsp3) is 0.467. The van der Waals surface area contributed by atoms with Crippen molar-refractivity contribution in [2.24, 2.45) is 0 Å². The smallest absolute Gasteiger partial charge is 0.174 e. The summed E-state index contributed by atoms with van der Waals surface area (Å²) in [4.78, 5) is 0. The maximum Gasteiger partial charge on any atom is 0.174 e. The zero-order valence-corrected chi connectivity index (χ0v) is 11.5. The monoisotopic (exact) mass is 247 g/mol. The normalized spacial score (nSPS) is 11.9. The van der Waals surface area contributed by atoms with Crippen LogP contribution in [0.3, 0.4) is 0 Å². The molecule has 3 nitrogen and oxygen atoms in total. The third-order valence-corrected chi connectivity index (χ3v) is 3.33. The van der Waals surface area contributed by atoms with Crippen LogP contribution in [0.4, 0.5) is 0 Å². The Balaban J connectivity index is 2.31. The Labute approximate surface area is 108 Å². The molecule has 0 N–H and O–H groups in total. The van der Waals surface area contributed by atoms with Gasteiger partial charge in [-0.1, -0.05) is 19.9 Å². The Hall–Kier alpha value is -1.32. The first-order valence-corrected chi connectivity index (χ1v) is 6.30. The molecule has 1 aromatic heterocycles. The number of benzene rings is 1. The number of aromatic nitrogens is 1. The summed E-state index contributed by atoms with van der Waals surface area (Å²) in [6, 6.07) is 8.76. The largest absolute Gasteiger partial charge is 0.354 e. The second-order valence-corrected chi connectivity index (χ2v) is 4.84. The lowest BCUT2D eigenvalue weighted by molar-refractivity contribution is -0.110. The van der Waals surface area contributed by atoms with Crippen LogP contribution in [0.25, 0.3) is 10.9 Å². The van der Waals surface area contributed by atoms with E-state index in [4.69, 9.17) is 9.47 Å². The van der Waals surface area contributed by atoms with E-state index in [-0.39, 0.29) is 6.29 Å². The van der Waals surface area contributed by atoms with E-state index in [1.54, 1.807) is 14.2 Å². The summed E-state index contributed by atoms with van der Waals surface area (Å²) in [5.41, 5.74) is 2.59. The van der Waals surface area contributed by atoms with Crippen molar-refractivity contribution in [2.75, 3.05) is 14.2 Å². The number of nitrogens with zero attached hydrogens (tertiary/aromatic N) is 1. The molecule has 98 valence electrons. The molecule has 0 unspecified atom stereocenters. The van der Waals surface area contributed by atoms with Crippen LogP contribution in [0.15, 0.2) is 30.5 Å². The van der Waals surface area contributed by atoms with Gasteiger partial charge in [0.2, 0.25) is 0 Å². The molecule has 0 radical (unpaired) electrons. The molecule has 18 heavy (non-hydrogen) atoms. The van der Waals surface area contributed by atoms with Gasteiger partial charge in [0, 0.05) is 25.9 Å². The lowest BCUT2D eigenvalue weighted by Crippen LogP contribution is -2.19. The molecule has 0 spiro atoms. The maximum atomic E-state index is 5.24. The Morgan fingerprint density at radius 3 is 2.44 bits per heavy atom. The van der Waals surface area contributed by atoms with Gasteiger partial charge in [0.25, 0.3) is 0 Å². The van der Waals surface area contributed by atoms with Crippen LogP contribution in [0, 0.1) is 0 Å². The van der Waals surface area contributed by atoms with E-state index in [2.05, 4.69) is 48.9 Å². The molecule has 3 heteroatoms. The van der Waals surface area contributed by atoms with Crippen LogP contribution < -0.4 is 0 Å². The standard InChI is InChI=1S/C15H21NO2/c1-11(2)12-5-6-14-13(9-12)7-8-16(14)10-15(17-3)18-4/h5-9,11,15H,10H2,1-4H3. The molecule has 0 fully saturated rings. The van der Waals surface area contributed by atoms with Gasteiger partial charge in [-0.25, -0.2) is 0 Å². The number of hydrogen-bond acceptors (Lipinski definition) is 2. The van der Waals surface area contributed by atoms with Crippen LogP contribution in [0.1, 0.15) is 25.3 Å². The van der Waals surface area contributed by atoms with Gasteiger partial charge in [0.05, 0.1) is 6.54 Å². The van der Waals surface area contributed by atoms with Crippen LogP contribution in [0.5, 0.6) is 0 Å². The first kappa shape index (κ1) is 13.1. The Morgan fingerprint density at radius 1 is 1.11 bits per heavy atom. The minimum Gasteiger partial charge on any atom is -0.354 e. The first-order chi connectivity index (χ1) is 8.65. The molecule has 1 heterocycles. The van der Waals surface area contributed by atoms with Crippen LogP contribution in [-0.2, 0) is 16.0 Å². The second-order valence-electron chi connectivity index (χ2n) is 4.84. The second kappa shape index (κ2) is 5.55. The van der Waals surface area contributed by atoms with Gasteiger partial charge >= 0.3 is 0 Å². The maximum absolute atomic E-state index is 5.24. The molecule has 1 aromatic carbocycles. The van der Waals surface area contributed by atoms with Crippen molar-refractivity contribution < 1.29 is 9.47 Å². The van der Waals surface area contributed by atoms with E-state index < -0.39 is 0 Å². The van der Waals surface area contributed by atoms with E-state index >= 15 is 0 Å². The van der Waals surface area contributed by atoms with Gasteiger partial charge in [-0.3, -0.25) is 0 Å². The van der Waals surface area contributed by atoms with Gasteiger partial charge in [-0.05, 0) is 35.1 Å². The average molecular weight is 247 g/mol. The third-order valence-electron chi connectivity index (χ3n) is 3.33. The fourth-order valence-corrected chi connectivity index (χ4v) is 2.14. The van der Waals surface area contributed by atoms with Crippen molar-refractivity contribution >= 4 is 10.9 Å². The topological polar surface area (TPSA) is 23.4 Å². The van der Waals surface area contributed by atoms with Gasteiger partial charge in [-0.2, -0.15) is 0 Å². The molecular formula is C15H21NO2. The summed E-state index contributed by atoms with van der Waals surface area (Å²) in [6.07, 6.45) is 1.88. The van der Waals surface area contributed by atoms with E-state index in [1.165, 1.54) is 16.5 Å². The highest BCUT2D eigenvalue weighted by Gasteiger charge is 2.09. The highest BCUT2D eigenvalue weighted by molar-refractivity contribution is 5.81. The summed E-state index contributed by atoms with van der Waals surface area (Å²) in [5.74, 6) is 0.559. The highest BCUT2D eigenvalue weighted by atomic mass is 16.7. The molecule has 0 amide bonds. The van der Waals surface area contributed by atoms with Crippen LogP contribution >= 0.6 is 0 Å². The molecule has 2 rings (SSSR count). The number of rotatable bonds is 5. The zero-order chi connectivity index (χ0) is 13.1. The fourth-order valence-electron chi connectivity index (χ4n) is 2.14. The van der Waals surface area contributed by atoms with Crippen molar-refractivity contribution in [1.29, 1.82) is 0 Å². The minimum absolute atomic E-state index is 0.203. The predicted octanol–water partition coefficient (Wildman–Crippen LogP) is 3.38. The molecule has 0 atom stereocenters. The SMILES string of the molecule is COC(Cn1ccc2cc(C(C)C)ccc21)OC. The average Bonchev–Trinajstić information content (AvgIpc) is 2.78. The van der Waals surface area contributed by atoms with Crippen molar-refractivity contribution in [3.63, 3.8) is 0 Å². The predicted molar refractivity (Wildman–Crippen MR) is 73.8 cm³/mol. The molecular weight excluding hydrogens is 226 g/mol. The van der Waals surface area contributed by atoms with E-state index in [1.807, 2.05) is 0 Å². The number of fused-ring (bicyclic) bond motifs is 1. The molecule has 0 saturated carbocycles. The van der Waals surface area contributed by atoms with E-state index in [0.29, 0.717) is 12.5 Å². The number of ether oxygens (including phenoxy) is 2. The zero-order valence-electron chi connectivity index (χ0n) is 11.5. The quantitative estimate of drug-likeness (QED) is 0.756. The van der Waals surface area contributed by atoms with Crippen molar-refractivity contribution in [3.8, 4) is 0 Å². The van der Waals surface area contributed by atoms with E-state index in [9.17, 15) is 0 Å². The van der Waals surface area contributed by atoms with E-state index in [0.717, 1.165) is 0 Å². The highest BCUT2D eigenvalue weighted by Crippen LogP contribution is 2.22. The van der Waals surface area contributed by atoms with Gasteiger partial charge in [0.1, 0.15) is 0 Å². The lowest BCUT2D eigenvalue weighted by atomic mass is 10.0. The molecule has 0 saturated heterocycles. The lowest BCUT2D eigenvalue weighted by Gasteiger charge is -2.15. The van der Waals surface area contributed by atoms with Crippen LogP contribution in [0.2, 0.25) is 0 Å². The summed E-state index contributed by atoms with van der Waals surface area (Å²) in [6.45, 7) is 5.13. The third kappa shape index (κ3) is 2.57. The molecule has 0 aliphatic rings. The molecule has 2 aromatic rings. The van der Waals surface area contributed by atoms with Gasteiger partial charge in [0.15, 0.2) is 6.29 Å². The van der Waals surface area contributed by atoms with Gasteiger partial charge < -0.3 is 14.0 Å². The first-order valence-electron chi connectivity index (χ1n) is 6.30. The summed E-state index contributed by atoms with van der Waals surface area (Å²) >= 11 is 0. The van der Waals surface area contributed by atoms with Crippen molar-refractivity contribution in [2.45, 2.75) is 32.6 Å². The summed E-state index contributed by atoms with van der Waals surface area (Å²) in [5, 5.41) is 1.27. The van der Waals surface area contributed by atoms with Crippen molar-refractivity contribution in [1.82, 2.24) is 4.57 Å². The molecule has 0 bridgehead atoms. The minimum atomic E-state index is -0.203. The summed E-state index contributed by atoms with van der Waals surface area (Å²) < 4.78 is 12.6. The Morgan fingerprint density at radius 2 is 1.83 bits per heavy atom. The van der Waals surface area contributed by atoms with Crippen LogP contribution in [-0.4, -0.2) is 25.1 Å². The van der Waals surface area contributed by atoms with Crippen molar-refractivity contribution in [3.05, 3.63) is 36.0 Å². The summed E-state index contributed by atoms with van der Waals surface area (Å²) in [7, 11) is 3.33.